The van der Waals surface area contributed by atoms with Crippen molar-refractivity contribution < 1.29 is 9.90 Å². The smallest absolute Gasteiger partial charge is 0.270 e. The van der Waals surface area contributed by atoms with Gasteiger partial charge in [0.05, 0.1) is 5.60 Å². The van der Waals surface area contributed by atoms with Crippen LogP contribution >= 0.6 is 0 Å². The van der Waals surface area contributed by atoms with Crippen LogP contribution in [0.5, 0.6) is 0 Å². The van der Waals surface area contributed by atoms with Gasteiger partial charge in [-0.2, -0.15) is 0 Å². The molecule has 1 aromatic carbocycles. The first-order valence-corrected chi connectivity index (χ1v) is 13.6. The zero-order chi connectivity index (χ0) is 25.0. The van der Waals surface area contributed by atoms with Crippen LogP contribution in [0.3, 0.4) is 0 Å². The summed E-state index contributed by atoms with van der Waals surface area (Å²) in [5, 5.41) is 14.2. The molecule has 7 nitrogen and oxygen atoms in total. The Morgan fingerprint density at radius 1 is 1.06 bits per heavy atom. The molecular weight excluding hydrogens is 450 g/mol. The molecule has 2 N–H and O–H groups in total. The number of pyridine rings is 1. The predicted molar refractivity (Wildman–Crippen MR) is 144 cm³/mol. The lowest BCUT2D eigenvalue weighted by Crippen LogP contribution is -2.61. The summed E-state index contributed by atoms with van der Waals surface area (Å²) < 4.78 is 0. The van der Waals surface area contributed by atoms with Crippen molar-refractivity contribution in [3.8, 4) is 0 Å². The van der Waals surface area contributed by atoms with E-state index in [0.29, 0.717) is 23.4 Å². The van der Waals surface area contributed by atoms with Gasteiger partial charge in [0.15, 0.2) is 0 Å². The first kappa shape index (κ1) is 23.6. The third-order valence-corrected chi connectivity index (χ3v) is 9.16. The third-order valence-electron chi connectivity index (χ3n) is 9.16. The number of piperazine rings is 1. The highest BCUT2D eigenvalue weighted by Crippen LogP contribution is 2.55. The number of benzene rings is 1. The second-order valence-electron chi connectivity index (χ2n) is 12.0. The Kier molecular flexibility index (Phi) is 5.86. The van der Waals surface area contributed by atoms with E-state index < -0.39 is 5.60 Å². The normalized spacial score (nSPS) is 33.1. The zero-order valence-corrected chi connectivity index (χ0v) is 21.7. The Labute approximate surface area is 214 Å². The first-order valence-electron chi connectivity index (χ1n) is 13.6. The quantitative estimate of drug-likeness (QED) is 0.670. The molecule has 7 rings (SSSR count). The number of aliphatic hydroxyl groups is 1. The number of carbonyl (C=O) groups excluding carboxylic acids is 1. The summed E-state index contributed by atoms with van der Waals surface area (Å²) in [7, 11) is 4.12. The lowest BCUT2D eigenvalue weighted by Gasteiger charge is -2.58. The molecule has 1 amide bonds. The van der Waals surface area contributed by atoms with Crippen LogP contribution in [0.15, 0.2) is 42.5 Å². The van der Waals surface area contributed by atoms with E-state index in [1.807, 2.05) is 18.2 Å². The number of rotatable bonds is 5. The Bertz CT molecular complexity index is 1100. The Morgan fingerprint density at radius 2 is 1.78 bits per heavy atom. The van der Waals surface area contributed by atoms with Crippen molar-refractivity contribution in [1.82, 2.24) is 10.3 Å². The predicted octanol–water partition coefficient (Wildman–Crippen LogP) is 3.53. The number of anilines is 3. The largest absolute Gasteiger partial charge is 0.390 e. The maximum atomic E-state index is 13.3. The van der Waals surface area contributed by atoms with Crippen molar-refractivity contribution in [2.24, 2.45) is 17.8 Å². The lowest BCUT2D eigenvalue weighted by molar-refractivity contribution is -0.136. The fourth-order valence-corrected chi connectivity index (χ4v) is 7.65. The first-order chi connectivity index (χ1) is 17.3. The maximum Gasteiger partial charge on any atom is 0.270 e. The van der Waals surface area contributed by atoms with Crippen LogP contribution in [0.2, 0.25) is 0 Å². The van der Waals surface area contributed by atoms with E-state index in [1.165, 1.54) is 11.4 Å². The standard InChI is InChI=1S/C29H39N5O2/c1-19-18-33(24-9-7-23(8-10-24)32(2)3)11-12-34(19)26-6-4-5-25(30-26)28(35)31-27-21-13-20-14-22(27)17-29(36,15-20)16-21/h4-10,19-22,27,36H,11-18H2,1-3H3,(H,31,35)/t19-,20?,21?,22?,27?,29?/m1/s1. The monoisotopic (exact) mass is 489 g/mol. The molecule has 0 spiro atoms. The summed E-state index contributed by atoms with van der Waals surface area (Å²) in [5.74, 6) is 2.22. The topological polar surface area (TPSA) is 71.9 Å². The third kappa shape index (κ3) is 4.32. The zero-order valence-electron chi connectivity index (χ0n) is 21.7. The molecule has 4 bridgehead atoms. The molecule has 5 aliphatic rings. The van der Waals surface area contributed by atoms with E-state index in [-0.39, 0.29) is 18.0 Å². The summed E-state index contributed by atoms with van der Waals surface area (Å²) >= 11 is 0. The molecule has 2 heterocycles. The number of hydrogen-bond acceptors (Lipinski definition) is 6. The highest BCUT2D eigenvalue weighted by Gasteiger charge is 2.55. The van der Waals surface area contributed by atoms with Crippen molar-refractivity contribution in [2.75, 3.05) is 48.4 Å². The van der Waals surface area contributed by atoms with E-state index in [2.05, 4.69) is 65.3 Å². The molecular formula is C29H39N5O2. The van der Waals surface area contributed by atoms with Gasteiger partial charge in [-0.05, 0) is 93.2 Å². The Balaban J connectivity index is 1.11. The van der Waals surface area contributed by atoms with E-state index in [9.17, 15) is 9.90 Å². The molecule has 1 aromatic heterocycles. The van der Waals surface area contributed by atoms with Gasteiger partial charge in [-0.3, -0.25) is 4.79 Å². The average molecular weight is 490 g/mol. The molecule has 3 atom stereocenters. The van der Waals surface area contributed by atoms with Crippen molar-refractivity contribution >= 4 is 23.1 Å². The molecule has 36 heavy (non-hydrogen) atoms. The minimum Gasteiger partial charge on any atom is -0.390 e. The highest BCUT2D eigenvalue weighted by atomic mass is 16.3. The Hall–Kier alpha value is -2.80. The van der Waals surface area contributed by atoms with E-state index in [1.54, 1.807) is 0 Å². The number of nitrogens with zero attached hydrogens (tertiary/aromatic N) is 4. The summed E-state index contributed by atoms with van der Waals surface area (Å²) in [6.45, 7) is 4.92. The van der Waals surface area contributed by atoms with E-state index in [4.69, 9.17) is 4.98 Å². The van der Waals surface area contributed by atoms with Gasteiger partial charge in [-0.1, -0.05) is 6.07 Å². The van der Waals surface area contributed by atoms with Gasteiger partial charge < -0.3 is 25.1 Å². The maximum absolute atomic E-state index is 13.3. The van der Waals surface area contributed by atoms with Gasteiger partial charge in [0, 0.05) is 57.2 Å². The number of hydrogen-bond donors (Lipinski definition) is 2. The van der Waals surface area contributed by atoms with Crippen molar-refractivity contribution in [2.45, 2.75) is 56.7 Å². The summed E-state index contributed by atoms with van der Waals surface area (Å²) in [4.78, 5) is 25.0. The number of aromatic nitrogens is 1. The van der Waals surface area contributed by atoms with Gasteiger partial charge in [0.1, 0.15) is 11.5 Å². The van der Waals surface area contributed by atoms with E-state index >= 15 is 0 Å². The Morgan fingerprint density at radius 3 is 2.42 bits per heavy atom. The van der Waals surface area contributed by atoms with Crippen LogP contribution in [0.25, 0.3) is 0 Å². The molecule has 7 heteroatoms. The molecule has 4 aliphatic carbocycles. The van der Waals surface area contributed by atoms with E-state index in [0.717, 1.165) is 57.6 Å². The molecule has 192 valence electrons. The fourth-order valence-electron chi connectivity index (χ4n) is 7.65. The highest BCUT2D eigenvalue weighted by molar-refractivity contribution is 5.93. The van der Waals surface area contributed by atoms with Gasteiger partial charge >= 0.3 is 0 Å². The second-order valence-corrected chi connectivity index (χ2v) is 12.0. The SMILES string of the molecule is C[C@@H]1CN(c2ccc(N(C)C)cc2)CCN1c1cccc(C(=O)NC2C3CC4CC2CC(O)(C4)C3)n1. The van der Waals surface area contributed by atoms with Crippen LogP contribution in [0.1, 0.15) is 49.5 Å². The lowest BCUT2D eigenvalue weighted by atomic mass is 9.52. The summed E-state index contributed by atoms with van der Waals surface area (Å²) in [6, 6.07) is 15.0. The number of amides is 1. The van der Waals surface area contributed by atoms with Gasteiger partial charge in [-0.15, -0.1) is 0 Å². The van der Waals surface area contributed by atoms with Crippen LogP contribution in [-0.2, 0) is 0 Å². The number of carbonyl (C=O) groups is 1. The molecule has 0 radical (unpaired) electrons. The van der Waals surface area contributed by atoms with Crippen LogP contribution in [0.4, 0.5) is 17.2 Å². The average Bonchev–Trinajstić information content (AvgIpc) is 2.85. The molecule has 2 unspecified atom stereocenters. The minimum atomic E-state index is -0.484. The van der Waals surface area contributed by atoms with Gasteiger partial charge in [0.25, 0.3) is 5.91 Å². The molecule has 4 saturated carbocycles. The van der Waals surface area contributed by atoms with Crippen LogP contribution < -0.4 is 20.0 Å². The van der Waals surface area contributed by atoms with Gasteiger partial charge in [-0.25, -0.2) is 4.98 Å². The minimum absolute atomic E-state index is 0.0754. The second kappa shape index (κ2) is 8.94. The van der Waals surface area contributed by atoms with Crippen molar-refractivity contribution in [3.05, 3.63) is 48.2 Å². The van der Waals surface area contributed by atoms with Crippen molar-refractivity contribution in [3.63, 3.8) is 0 Å². The van der Waals surface area contributed by atoms with Gasteiger partial charge in [0.2, 0.25) is 0 Å². The number of nitrogens with one attached hydrogen (secondary N) is 1. The molecule has 1 saturated heterocycles. The molecule has 2 aromatic rings. The van der Waals surface area contributed by atoms with Crippen molar-refractivity contribution in [1.29, 1.82) is 0 Å². The fraction of sp³-hybridized carbons (Fsp3) is 0.586. The summed E-state index contributed by atoms with van der Waals surface area (Å²) in [6.07, 6.45) is 4.89. The van der Waals surface area contributed by atoms with Crippen LogP contribution in [0, 0.1) is 17.8 Å². The van der Waals surface area contributed by atoms with Crippen LogP contribution in [-0.4, -0.2) is 67.4 Å². The molecule has 5 fully saturated rings. The molecule has 1 aliphatic heterocycles. The summed E-state index contributed by atoms with van der Waals surface area (Å²) in [5.41, 5.74) is 2.46.